The van der Waals surface area contributed by atoms with E-state index in [2.05, 4.69) is 21.0 Å². The maximum Gasteiger partial charge on any atom is 0.372 e. The van der Waals surface area contributed by atoms with E-state index in [4.69, 9.17) is 0 Å². The molecule has 1 aliphatic rings. The molecule has 5 rings (SSSR count). The van der Waals surface area contributed by atoms with Gasteiger partial charge in [-0.3, -0.25) is 0 Å². The number of hydrogen-bond acceptors (Lipinski definition) is 5. The van der Waals surface area contributed by atoms with Crippen molar-refractivity contribution in [1.29, 1.82) is 0 Å². The van der Waals surface area contributed by atoms with Crippen molar-refractivity contribution in [3.05, 3.63) is 70.7 Å². The summed E-state index contributed by atoms with van der Waals surface area (Å²) in [5, 5.41) is 12.7. The van der Waals surface area contributed by atoms with Gasteiger partial charge >= 0.3 is 5.82 Å². The highest BCUT2D eigenvalue weighted by molar-refractivity contribution is 5.91. The molecule has 5 heterocycles. The Kier molecular flexibility index (Phi) is 3.43. The van der Waals surface area contributed by atoms with Gasteiger partial charge in [0.25, 0.3) is 0 Å². The highest BCUT2D eigenvalue weighted by atomic mass is 16.6. The predicted molar refractivity (Wildman–Crippen MR) is 103 cm³/mol. The van der Waals surface area contributed by atoms with E-state index in [-0.39, 0.29) is 10.7 Å². The molecule has 4 aromatic heterocycles. The van der Waals surface area contributed by atoms with E-state index in [1.807, 2.05) is 29.3 Å². The summed E-state index contributed by atoms with van der Waals surface area (Å²) in [6.45, 7) is 1.25. The van der Waals surface area contributed by atoms with Crippen LogP contribution in [0.1, 0.15) is 12.0 Å². The number of aromatic amines is 1. The van der Waals surface area contributed by atoms with Gasteiger partial charge in [0.15, 0.2) is 0 Å². The number of pyridine rings is 2. The number of H-pyrrole nitrogens is 1. The molecule has 0 atom stereocenters. The van der Waals surface area contributed by atoms with E-state index >= 15 is 0 Å². The highest BCUT2D eigenvalue weighted by Gasteiger charge is 2.28. The zero-order valence-corrected chi connectivity index (χ0v) is 14.4. The number of hydrogen-bond donors (Lipinski definition) is 1. The molecule has 0 fully saturated rings. The Morgan fingerprint density at radius 2 is 2.15 bits per heavy atom. The quantitative estimate of drug-likeness (QED) is 0.446. The molecule has 0 aliphatic carbocycles. The van der Waals surface area contributed by atoms with Gasteiger partial charge < -0.3 is 20.0 Å². The molecule has 0 radical (unpaired) electrons. The van der Waals surface area contributed by atoms with Crippen molar-refractivity contribution in [2.75, 3.05) is 18.0 Å². The number of imidazole rings is 1. The van der Waals surface area contributed by atoms with Gasteiger partial charge in [-0.15, -0.1) is 0 Å². The number of fused-ring (bicyclic) bond motifs is 2. The van der Waals surface area contributed by atoms with E-state index in [0.717, 1.165) is 23.0 Å². The normalized spacial score (nSPS) is 14.7. The van der Waals surface area contributed by atoms with Crippen molar-refractivity contribution in [3.8, 4) is 0 Å². The first-order valence-electron chi connectivity index (χ1n) is 8.70. The average Bonchev–Trinajstić information content (AvgIpc) is 3.30. The van der Waals surface area contributed by atoms with Crippen LogP contribution in [0.4, 0.5) is 11.6 Å². The lowest BCUT2D eigenvalue weighted by molar-refractivity contribution is -0.389. The molecule has 4 aromatic rings. The lowest BCUT2D eigenvalue weighted by atomic mass is 9.99. The van der Waals surface area contributed by atoms with Gasteiger partial charge in [-0.2, -0.15) is 9.38 Å². The van der Waals surface area contributed by atoms with E-state index in [1.54, 1.807) is 24.5 Å². The van der Waals surface area contributed by atoms with E-state index < -0.39 is 0 Å². The number of aromatic nitrogens is 4. The second-order valence-corrected chi connectivity index (χ2v) is 6.47. The van der Waals surface area contributed by atoms with Crippen LogP contribution in [0.3, 0.4) is 0 Å². The Morgan fingerprint density at radius 3 is 2.96 bits per heavy atom. The van der Waals surface area contributed by atoms with Crippen molar-refractivity contribution < 1.29 is 4.92 Å². The smallest absolute Gasteiger partial charge is 0.358 e. The second-order valence-electron chi connectivity index (χ2n) is 6.47. The predicted octanol–water partition coefficient (Wildman–Crippen LogP) is 3.41. The molecular formula is C19H16N6O2. The number of anilines is 1. The number of nitrogens with one attached hydrogen (secondary N) is 1. The van der Waals surface area contributed by atoms with Gasteiger partial charge in [0.1, 0.15) is 5.65 Å². The fraction of sp³-hybridized carbons (Fsp3) is 0.158. The molecule has 1 aliphatic heterocycles. The minimum Gasteiger partial charge on any atom is -0.358 e. The lowest BCUT2D eigenvalue weighted by Crippen LogP contribution is -2.29. The van der Waals surface area contributed by atoms with Crippen LogP contribution in [-0.4, -0.2) is 37.4 Å². The maximum atomic E-state index is 11.6. The minimum atomic E-state index is -0.361. The van der Waals surface area contributed by atoms with Crippen LogP contribution >= 0.6 is 0 Å². The second kappa shape index (κ2) is 5.94. The first kappa shape index (κ1) is 15.6. The molecule has 0 bridgehead atoms. The number of rotatable bonds is 3. The third-order valence-electron chi connectivity index (χ3n) is 4.97. The van der Waals surface area contributed by atoms with Crippen LogP contribution in [-0.2, 0) is 0 Å². The molecule has 0 unspecified atom stereocenters. The molecule has 8 nitrogen and oxygen atoms in total. The Hall–Kier alpha value is -3.68. The molecule has 0 saturated carbocycles. The molecule has 0 amide bonds. The third kappa shape index (κ3) is 2.45. The maximum absolute atomic E-state index is 11.6. The van der Waals surface area contributed by atoms with Crippen LogP contribution in [0, 0.1) is 10.1 Å². The topological polar surface area (TPSA) is 92.4 Å². The number of nitrogens with zero attached hydrogens (tertiary/aromatic N) is 5. The van der Waals surface area contributed by atoms with Crippen LogP contribution in [0.15, 0.2) is 55.0 Å². The molecular weight excluding hydrogens is 344 g/mol. The molecule has 0 saturated heterocycles. The van der Waals surface area contributed by atoms with Gasteiger partial charge in [0, 0.05) is 42.5 Å². The highest BCUT2D eigenvalue weighted by Crippen LogP contribution is 2.33. The molecule has 1 N–H and O–H groups in total. The summed E-state index contributed by atoms with van der Waals surface area (Å²) in [5.41, 5.74) is 3.81. The Bertz CT molecular complexity index is 1210. The van der Waals surface area contributed by atoms with Gasteiger partial charge in [0.05, 0.1) is 6.20 Å². The summed E-state index contributed by atoms with van der Waals surface area (Å²) in [5.74, 6) is 0.431. The van der Waals surface area contributed by atoms with Crippen molar-refractivity contribution in [1.82, 2.24) is 19.4 Å². The van der Waals surface area contributed by atoms with Gasteiger partial charge in [-0.1, -0.05) is 12.1 Å². The van der Waals surface area contributed by atoms with E-state index in [9.17, 15) is 10.1 Å². The summed E-state index contributed by atoms with van der Waals surface area (Å²) in [4.78, 5) is 25.3. The zero-order valence-electron chi connectivity index (χ0n) is 14.4. The molecule has 27 heavy (non-hydrogen) atoms. The molecule has 134 valence electrons. The molecule has 0 aromatic carbocycles. The zero-order chi connectivity index (χ0) is 18.4. The summed E-state index contributed by atoms with van der Waals surface area (Å²) >= 11 is 0. The van der Waals surface area contributed by atoms with Crippen molar-refractivity contribution in [2.24, 2.45) is 0 Å². The van der Waals surface area contributed by atoms with Gasteiger partial charge in [-0.25, -0.2) is 4.98 Å². The van der Waals surface area contributed by atoms with Crippen LogP contribution in [0.5, 0.6) is 0 Å². The first-order chi connectivity index (χ1) is 13.2. The monoisotopic (exact) mass is 360 g/mol. The van der Waals surface area contributed by atoms with Crippen LogP contribution < -0.4 is 4.90 Å². The summed E-state index contributed by atoms with van der Waals surface area (Å²) < 4.78 is 1.53. The van der Waals surface area contributed by atoms with Crippen molar-refractivity contribution in [3.63, 3.8) is 0 Å². The minimum absolute atomic E-state index is 0.0127. The lowest BCUT2D eigenvalue weighted by Gasteiger charge is -2.25. The molecule has 8 heteroatoms. The average molecular weight is 360 g/mol. The summed E-state index contributed by atoms with van der Waals surface area (Å²) in [6, 6.07) is 9.35. The van der Waals surface area contributed by atoms with Crippen molar-refractivity contribution >= 4 is 33.9 Å². The number of nitro groups is 1. The Labute approximate surface area is 153 Å². The van der Waals surface area contributed by atoms with Crippen LogP contribution in [0.25, 0.3) is 22.3 Å². The Morgan fingerprint density at radius 1 is 1.22 bits per heavy atom. The van der Waals surface area contributed by atoms with E-state index in [1.165, 1.54) is 9.97 Å². The van der Waals surface area contributed by atoms with Gasteiger partial charge in [0.2, 0.25) is 11.5 Å². The first-order valence-corrected chi connectivity index (χ1v) is 8.70. The SMILES string of the molecule is O=[N+]([O-])c1c(N2CC=C(c3c[nH]c4ncccc34)CC2)nc2ccccn12. The fourth-order valence-electron chi connectivity index (χ4n) is 3.68. The van der Waals surface area contributed by atoms with Crippen LogP contribution in [0.2, 0.25) is 0 Å². The third-order valence-corrected chi connectivity index (χ3v) is 4.97. The molecule has 0 spiro atoms. The van der Waals surface area contributed by atoms with Crippen molar-refractivity contribution in [2.45, 2.75) is 6.42 Å². The summed E-state index contributed by atoms with van der Waals surface area (Å²) in [6.07, 6.45) is 8.32. The van der Waals surface area contributed by atoms with E-state index in [0.29, 0.717) is 24.6 Å². The largest absolute Gasteiger partial charge is 0.372 e. The standard InChI is InChI=1S/C19H16N6O2/c26-25(27)19-18(22-16-5-1-2-9-24(16)19)23-10-6-13(7-11-23)15-12-21-17-14(15)4-3-8-20-17/h1-6,8-9,12H,7,10-11H2,(H,20,21). The fourth-order valence-corrected chi connectivity index (χ4v) is 3.68. The Balaban J connectivity index is 1.51. The van der Waals surface area contributed by atoms with Gasteiger partial charge in [-0.05, 0) is 35.1 Å². The summed E-state index contributed by atoms with van der Waals surface area (Å²) in [7, 11) is 0.